The molecule has 0 fully saturated rings. The molecule has 0 bridgehead atoms. The monoisotopic (exact) mass is 368 g/mol. The summed E-state index contributed by atoms with van der Waals surface area (Å²) in [5.74, 6) is 0.247. The minimum absolute atomic E-state index is 0.129. The van der Waals surface area contributed by atoms with E-state index in [-0.39, 0.29) is 18.7 Å². The van der Waals surface area contributed by atoms with Crippen LogP contribution in [0.3, 0.4) is 0 Å². The third kappa shape index (κ3) is 4.79. The van der Waals surface area contributed by atoms with Crippen LogP contribution in [0, 0.1) is 6.92 Å². The molecule has 0 amide bonds. The van der Waals surface area contributed by atoms with E-state index in [1.165, 1.54) is 18.4 Å². The molecule has 0 N–H and O–H groups in total. The van der Waals surface area contributed by atoms with Gasteiger partial charge in [0.15, 0.2) is 6.61 Å². The van der Waals surface area contributed by atoms with Crippen molar-refractivity contribution in [2.45, 2.75) is 59.0 Å². The van der Waals surface area contributed by atoms with Crippen molar-refractivity contribution in [3.05, 3.63) is 47.7 Å². The molecule has 1 aliphatic carbocycles. The summed E-state index contributed by atoms with van der Waals surface area (Å²) in [5.41, 5.74) is 4.10. The molecule has 0 saturated carbocycles. The Morgan fingerprint density at radius 1 is 1.19 bits per heavy atom. The molecule has 1 aliphatic rings. The third-order valence-corrected chi connectivity index (χ3v) is 4.57. The summed E-state index contributed by atoms with van der Waals surface area (Å²) in [7, 11) is 0. The molecular weight excluding hydrogens is 340 g/mol. The molecule has 1 aromatic heterocycles. The number of aromatic nitrogens is 2. The molecule has 1 aromatic carbocycles. The van der Waals surface area contributed by atoms with E-state index in [2.05, 4.69) is 6.08 Å². The van der Waals surface area contributed by atoms with Gasteiger partial charge in [0, 0.05) is 0 Å². The highest BCUT2D eigenvalue weighted by Gasteiger charge is 2.23. The van der Waals surface area contributed by atoms with Gasteiger partial charge in [-0.25, -0.2) is 9.48 Å². The topological polar surface area (TPSA) is 53.4 Å². The van der Waals surface area contributed by atoms with Crippen molar-refractivity contribution in [3.63, 3.8) is 0 Å². The van der Waals surface area contributed by atoms with Crippen molar-refractivity contribution >= 4 is 11.5 Å². The van der Waals surface area contributed by atoms with Gasteiger partial charge in [-0.1, -0.05) is 30.7 Å². The highest BCUT2D eigenvalue weighted by atomic mass is 16.6. The Labute approximate surface area is 161 Å². The minimum Gasteiger partial charge on any atom is -0.465 e. The number of benzene rings is 1. The highest BCUT2D eigenvalue weighted by molar-refractivity contribution is 5.74. The predicted octanol–water partition coefficient (Wildman–Crippen LogP) is 4.86. The molecule has 144 valence electrons. The van der Waals surface area contributed by atoms with E-state index in [0.717, 1.165) is 36.2 Å². The van der Waals surface area contributed by atoms with Gasteiger partial charge in [-0.05, 0) is 64.2 Å². The van der Waals surface area contributed by atoms with E-state index < -0.39 is 0 Å². The fraction of sp³-hybridized carbons (Fsp3) is 0.455. The predicted molar refractivity (Wildman–Crippen MR) is 106 cm³/mol. The number of hydrogen-bond donors (Lipinski definition) is 0. The van der Waals surface area contributed by atoms with Crippen LogP contribution >= 0.6 is 0 Å². The minimum atomic E-state index is -0.371. The highest BCUT2D eigenvalue weighted by Crippen LogP contribution is 2.36. The maximum Gasteiger partial charge on any atom is 0.344 e. The molecule has 0 atom stereocenters. The Balaban J connectivity index is 1.98. The van der Waals surface area contributed by atoms with E-state index in [1.54, 1.807) is 4.68 Å². The maximum atomic E-state index is 12.0. The summed E-state index contributed by atoms with van der Waals surface area (Å²) in [6, 6.07) is 9.87. The average molecular weight is 368 g/mol. The quantitative estimate of drug-likeness (QED) is 0.683. The van der Waals surface area contributed by atoms with E-state index in [1.807, 2.05) is 51.1 Å². The summed E-state index contributed by atoms with van der Waals surface area (Å²) < 4.78 is 13.0. The van der Waals surface area contributed by atoms with Crippen LogP contribution in [0.4, 0.5) is 0 Å². The normalized spacial score (nSPS) is 14.6. The summed E-state index contributed by atoms with van der Waals surface area (Å²) >= 11 is 0. The molecule has 5 heteroatoms. The van der Waals surface area contributed by atoms with Gasteiger partial charge in [0.1, 0.15) is 0 Å². The second kappa shape index (κ2) is 8.89. The fourth-order valence-electron chi connectivity index (χ4n) is 3.42. The lowest BCUT2D eigenvalue weighted by molar-refractivity contribution is -0.149. The number of hydrogen-bond acceptors (Lipinski definition) is 4. The van der Waals surface area contributed by atoms with E-state index >= 15 is 0 Å². The van der Waals surface area contributed by atoms with Crippen molar-refractivity contribution in [2.75, 3.05) is 6.61 Å². The van der Waals surface area contributed by atoms with Gasteiger partial charge in [-0.3, -0.25) is 0 Å². The largest absolute Gasteiger partial charge is 0.465 e. The first kappa shape index (κ1) is 19.2. The number of rotatable bonds is 6. The van der Waals surface area contributed by atoms with Gasteiger partial charge in [-0.2, -0.15) is 5.10 Å². The number of esters is 1. The van der Waals surface area contributed by atoms with Crippen LogP contribution in [0.15, 0.2) is 36.4 Å². The summed E-state index contributed by atoms with van der Waals surface area (Å²) in [6.45, 7) is 5.53. The van der Waals surface area contributed by atoms with Gasteiger partial charge in [0.05, 0.1) is 23.0 Å². The number of nitrogens with zero attached hydrogens (tertiary/aromatic N) is 2. The van der Waals surface area contributed by atoms with Crippen molar-refractivity contribution in [1.82, 2.24) is 9.78 Å². The molecule has 0 saturated heterocycles. The lowest BCUT2D eigenvalue weighted by atomic mass is 10.0. The number of ether oxygens (including phenoxy) is 2. The number of carbonyl (C=O) groups excluding carboxylic acids is 1. The SMILES string of the molecule is Cc1nn(-c2ccccc2)c(OCC(=O)OC(C)C)c1C1=CCCCCC1. The molecule has 0 spiro atoms. The Kier molecular flexibility index (Phi) is 6.32. The van der Waals surface area contributed by atoms with Crippen LogP contribution in [0.2, 0.25) is 0 Å². The molecule has 0 aliphatic heterocycles. The zero-order chi connectivity index (χ0) is 19.2. The summed E-state index contributed by atoms with van der Waals surface area (Å²) in [4.78, 5) is 12.0. The van der Waals surface area contributed by atoms with Crippen molar-refractivity contribution < 1.29 is 14.3 Å². The average Bonchev–Trinajstić information content (AvgIpc) is 2.81. The first-order valence-electron chi connectivity index (χ1n) is 9.73. The van der Waals surface area contributed by atoms with Crippen molar-refractivity contribution in [1.29, 1.82) is 0 Å². The second-order valence-corrected chi connectivity index (χ2v) is 7.17. The zero-order valence-corrected chi connectivity index (χ0v) is 16.4. The van der Waals surface area contributed by atoms with Gasteiger partial charge >= 0.3 is 5.97 Å². The Bertz CT molecular complexity index is 806. The van der Waals surface area contributed by atoms with Crippen LogP contribution in [0.1, 0.15) is 57.2 Å². The van der Waals surface area contributed by atoms with Crippen LogP contribution in [0.25, 0.3) is 11.3 Å². The molecular formula is C22H28N2O3. The second-order valence-electron chi connectivity index (χ2n) is 7.17. The van der Waals surface area contributed by atoms with Crippen molar-refractivity contribution in [2.24, 2.45) is 0 Å². The standard InChI is InChI=1S/C22H28N2O3/c1-16(2)27-20(25)15-26-22-21(18-11-7-4-5-8-12-18)17(3)23-24(22)19-13-9-6-10-14-19/h6,9-11,13-14,16H,4-5,7-8,12,15H2,1-3H3. The lowest BCUT2D eigenvalue weighted by Gasteiger charge is -2.14. The van der Waals surface area contributed by atoms with Crippen LogP contribution in [-0.2, 0) is 9.53 Å². The smallest absolute Gasteiger partial charge is 0.344 e. The van der Waals surface area contributed by atoms with E-state index in [9.17, 15) is 4.79 Å². The summed E-state index contributed by atoms with van der Waals surface area (Å²) in [5, 5.41) is 4.72. The van der Waals surface area contributed by atoms with Crippen LogP contribution in [-0.4, -0.2) is 28.5 Å². The number of aryl methyl sites for hydroxylation is 1. The molecule has 2 aromatic rings. The summed E-state index contributed by atoms with van der Waals surface area (Å²) in [6.07, 6.45) is 7.83. The first-order valence-corrected chi connectivity index (χ1v) is 9.73. The Morgan fingerprint density at radius 3 is 2.70 bits per heavy atom. The number of allylic oxidation sites excluding steroid dienone is 2. The number of para-hydroxylation sites is 1. The fourth-order valence-corrected chi connectivity index (χ4v) is 3.42. The van der Waals surface area contributed by atoms with Crippen LogP contribution < -0.4 is 4.74 Å². The molecule has 0 unspecified atom stereocenters. The molecule has 0 radical (unpaired) electrons. The van der Waals surface area contributed by atoms with Crippen molar-refractivity contribution in [3.8, 4) is 11.6 Å². The Hall–Kier alpha value is -2.56. The van der Waals surface area contributed by atoms with Gasteiger partial charge < -0.3 is 9.47 Å². The molecule has 27 heavy (non-hydrogen) atoms. The van der Waals surface area contributed by atoms with E-state index in [4.69, 9.17) is 14.6 Å². The molecule has 3 rings (SSSR count). The zero-order valence-electron chi connectivity index (χ0n) is 16.4. The van der Waals surface area contributed by atoms with Gasteiger partial charge in [0.25, 0.3) is 0 Å². The molecule has 1 heterocycles. The number of carbonyl (C=O) groups is 1. The first-order chi connectivity index (χ1) is 13.1. The van der Waals surface area contributed by atoms with Gasteiger partial charge in [-0.15, -0.1) is 0 Å². The van der Waals surface area contributed by atoms with Gasteiger partial charge in [0.2, 0.25) is 5.88 Å². The van der Waals surface area contributed by atoms with E-state index in [0.29, 0.717) is 5.88 Å². The van der Waals surface area contributed by atoms with Crippen LogP contribution in [0.5, 0.6) is 5.88 Å². The Morgan fingerprint density at radius 2 is 1.96 bits per heavy atom. The maximum absolute atomic E-state index is 12.0. The third-order valence-electron chi connectivity index (χ3n) is 4.57. The molecule has 5 nitrogen and oxygen atoms in total. The lowest BCUT2D eigenvalue weighted by Crippen LogP contribution is -2.20.